The molecule has 0 saturated carbocycles. The van der Waals surface area contributed by atoms with E-state index in [0.717, 1.165) is 22.0 Å². The van der Waals surface area contributed by atoms with Crippen molar-refractivity contribution in [3.8, 4) is 11.3 Å². The van der Waals surface area contributed by atoms with Crippen LogP contribution >= 0.6 is 23.1 Å². The highest BCUT2D eigenvalue weighted by Gasteiger charge is 2.08. The first-order chi connectivity index (χ1) is 11.1. The predicted octanol–water partition coefficient (Wildman–Crippen LogP) is 2.98. The van der Waals surface area contributed by atoms with Crippen LogP contribution in [0, 0.1) is 6.92 Å². The van der Waals surface area contributed by atoms with E-state index < -0.39 is 0 Å². The van der Waals surface area contributed by atoms with Crippen molar-refractivity contribution in [1.82, 2.24) is 19.7 Å². The Morgan fingerprint density at radius 2 is 2.30 bits per heavy atom. The van der Waals surface area contributed by atoms with Crippen molar-refractivity contribution in [2.75, 3.05) is 11.1 Å². The number of aromatic nitrogens is 4. The quantitative estimate of drug-likeness (QED) is 0.720. The second-order valence-corrected chi connectivity index (χ2v) is 6.90. The Hall–Kier alpha value is -2.19. The number of rotatable bonds is 5. The Morgan fingerprint density at radius 3 is 3.00 bits per heavy atom. The average molecular weight is 345 g/mol. The molecular weight excluding hydrogens is 330 g/mol. The summed E-state index contributed by atoms with van der Waals surface area (Å²) in [5.74, 6) is 0.205. The molecule has 0 atom stereocenters. The molecule has 0 radical (unpaired) electrons. The van der Waals surface area contributed by atoms with Crippen LogP contribution in [0.3, 0.4) is 0 Å². The molecule has 1 amide bonds. The van der Waals surface area contributed by atoms with E-state index in [1.165, 1.54) is 11.8 Å². The molecule has 0 fully saturated rings. The Bertz CT molecular complexity index is 827. The van der Waals surface area contributed by atoms with E-state index in [4.69, 9.17) is 0 Å². The lowest BCUT2D eigenvalue weighted by atomic mass is 10.1. The third-order valence-electron chi connectivity index (χ3n) is 3.06. The number of nitrogens with zero attached hydrogens (tertiary/aromatic N) is 4. The van der Waals surface area contributed by atoms with Gasteiger partial charge in [0.25, 0.3) is 0 Å². The summed E-state index contributed by atoms with van der Waals surface area (Å²) in [6.45, 7) is 1.98. The lowest BCUT2D eigenvalue weighted by Gasteiger charge is -2.06. The van der Waals surface area contributed by atoms with Crippen LogP contribution in [0.25, 0.3) is 11.3 Å². The summed E-state index contributed by atoms with van der Waals surface area (Å²) in [6.07, 6.45) is 1.61. The molecular formula is C15H15N5OS2. The van der Waals surface area contributed by atoms with Gasteiger partial charge in [-0.15, -0.1) is 21.5 Å². The molecule has 118 valence electrons. The topological polar surface area (TPSA) is 72.7 Å². The first kappa shape index (κ1) is 15.7. The number of amides is 1. The van der Waals surface area contributed by atoms with E-state index in [-0.39, 0.29) is 11.7 Å². The highest BCUT2D eigenvalue weighted by Crippen LogP contribution is 2.24. The van der Waals surface area contributed by atoms with Crippen molar-refractivity contribution < 1.29 is 4.79 Å². The highest BCUT2D eigenvalue weighted by atomic mass is 32.2. The predicted molar refractivity (Wildman–Crippen MR) is 92.6 cm³/mol. The molecule has 0 spiro atoms. The van der Waals surface area contributed by atoms with Gasteiger partial charge in [-0.05, 0) is 19.1 Å². The third kappa shape index (κ3) is 3.96. The molecule has 0 aliphatic rings. The van der Waals surface area contributed by atoms with Gasteiger partial charge in [0.2, 0.25) is 5.91 Å². The van der Waals surface area contributed by atoms with E-state index in [1.807, 2.05) is 43.6 Å². The van der Waals surface area contributed by atoms with Crippen LogP contribution < -0.4 is 5.32 Å². The van der Waals surface area contributed by atoms with Gasteiger partial charge in [-0.3, -0.25) is 4.79 Å². The molecule has 3 aromatic rings. The number of aryl methyl sites for hydroxylation is 2. The van der Waals surface area contributed by atoms with Crippen LogP contribution in [-0.2, 0) is 11.8 Å². The monoisotopic (exact) mass is 345 g/mol. The van der Waals surface area contributed by atoms with Gasteiger partial charge in [0.05, 0.1) is 16.5 Å². The minimum Gasteiger partial charge on any atom is -0.325 e. The van der Waals surface area contributed by atoms with Gasteiger partial charge >= 0.3 is 0 Å². The van der Waals surface area contributed by atoms with Crippen molar-refractivity contribution in [3.63, 3.8) is 0 Å². The number of anilines is 1. The molecule has 1 aromatic carbocycles. The van der Waals surface area contributed by atoms with Crippen LogP contribution in [0.15, 0.2) is 41.1 Å². The lowest BCUT2D eigenvalue weighted by Crippen LogP contribution is -2.14. The maximum Gasteiger partial charge on any atom is 0.234 e. The molecule has 6 nitrogen and oxygen atoms in total. The van der Waals surface area contributed by atoms with Gasteiger partial charge < -0.3 is 9.88 Å². The van der Waals surface area contributed by atoms with Crippen molar-refractivity contribution in [2.45, 2.75) is 12.1 Å². The number of thiazole rings is 1. The zero-order valence-electron chi connectivity index (χ0n) is 12.7. The van der Waals surface area contributed by atoms with Crippen LogP contribution in [0.2, 0.25) is 0 Å². The summed E-state index contributed by atoms with van der Waals surface area (Å²) in [5.41, 5.74) is 2.68. The Morgan fingerprint density at radius 1 is 1.43 bits per heavy atom. The number of thioether (sulfide) groups is 1. The second-order valence-electron chi connectivity index (χ2n) is 4.89. The number of nitrogens with one attached hydrogen (secondary N) is 1. The maximum absolute atomic E-state index is 12.1. The number of hydrogen-bond acceptors (Lipinski definition) is 6. The largest absolute Gasteiger partial charge is 0.325 e. The lowest BCUT2D eigenvalue weighted by molar-refractivity contribution is -0.113. The molecule has 0 bridgehead atoms. The first-order valence-corrected chi connectivity index (χ1v) is 8.77. The van der Waals surface area contributed by atoms with Gasteiger partial charge in [-0.2, -0.15) is 0 Å². The summed E-state index contributed by atoms with van der Waals surface area (Å²) >= 11 is 2.96. The zero-order chi connectivity index (χ0) is 16.2. The number of hydrogen-bond donors (Lipinski definition) is 1. The van der Waals surface area contributed by atoms with Crippen LogP contribution in [0.5, 0.6) is 0 Å². The summed E-state index contributed by atoms with van der Waals surface area (Å²) in [5, 5.41) is 14.4. The third-order valence-corrected chi connectivity index (χ3v) is 4.87. The normalized spacial score (nSPS) is 10.7. The summed E-state index contributed by atoms with van der Waals surface area (Å²) < 4.78 is 1.78. The highest BCUT2D eigenvalue weighted by molar-refractivity contribution is 7.99. The maximum atomic E-state index is 12.1. The number of benzene rings is 1. The summed E-state index contributed by atoms with van der Waals surface area (Å²) in [6, 6.07) is 7.70. The van der Waals surface area contributed by atoms with Crippen molar-refractivity contribution in [2.24, 2.45) is 7.05 Å². The summed E-state index contributed by atoms with van der Waals surface area (Å²) in [7, 11) is 1.85. The standard InChI is InChI=1S/C15H15N5OS2/c1-10-17-13(7-22-10)11-4-3-5-12(6-11)18-14(21)8-23-15-19-16-9-20(15)2/h3-7,9H,8H2,1-2H3,(H,18,21). The fourth-order valence-corrected chi connectivity index (χ4v) is 3.29. The molecule has 0 aliphatic carbocycles. The molecule has 8 heteroatoms. The van der Waals surface area contributed by atoms with Crippen LogP contribution in [-0.4, -0.2) is 31.4 Å². The van der Waals surface area contributed by atoms with E-state index in [9.17, 15) is 4.79 Å². The van der Waals surface area contributed by atoms with E-state index in [1.54, 1.807) is 22.2 Å². The molecule has 1 N–H and O–H groups in total. The Labute approximate surface area is 142 Å². The second kappa shape index (κ2) is 6.93. The van der Waals surface area contributed by atoms with Crippen LogP contribution in [0.4, 0.5) is 5.69 Å². The first-order valence-electron chi connectivity index (χ1n) is 6.91. The minimum atomic E-state index is -0.0791. The Kier molecular flexibility index (Phi) is 4.73. The van der Waals surface area contributed by atoms with Crippen molar-refractivity contribution in [3.05, 3.63) is 41.0 Å². The fourth-order valence-electron chi connectivity index (χ4n) is 1.98. The van der Waals surface area contributed by atoms with Gasteiger partial charge in [0.15, 0.2) is 5.16 Å². The van der Waals surface area contributed by atoms with Crippen molar-refractivity contribution in [1.29, 1.82) is 0 Å². The average Bonchev–Trinajstić information content (AvgIpc) is 3.14. The molecule has 0 unspecified atom stereocenters. The molecule has 2 heterocycles. The molecule has 2 aromatic heterocycles. The molecule has 3 rings (SSSR count). The minimum absolute atomic E-state index is 0.0791. The van der Waals surface area contributed by atoms with E-state index >= 15 is 0 Å². The van der Waals surface area contributed by atoms with Crippen molar-refractivity contribution >= 4 is 34.7 Å². The number of carbonyl (C=O) groups is 1. The van der Waals surface area contributed by atoms with Gasteiger partial charge in [0.1, 0.15) is 6.33 Å². The van der Waals surface area contributed by atoms with Crippen LogP contribution in [0.1, 0.15) is 5.01 Å². The van der Waals surface area contributed by atoms with Gasteiger partial charge in [-0.1, -0.05) is 23.9 Å². The zero-order valence-corrected chi connectivity index (χ0v) is 14.3. The fraction of sp³-hybridized carbons (Fsp3) is 0.200. The molecule has 0 saturated heterocycles. The van der Waals surface area contributed by atoms with E-state index in [2.05, 4.69) is 20.5 Å². The number of carbonyl (C=O) groups excluding carboxylic acids is 1. The Balaban J connectivity index is 1.63. The molecule has 23 heavy (non-hydrogen) atoms. The summed E-state index contributed by atoms with van der Waals surface area (Å²) in [4.78, 5) is 16.5. The SMILES string of the molecule is Cc1nc(-c2cccc(NC(=O)CSc3nncn3C)c2)cs1. The smallest absolute Gasteiger partial charge is 0.234 e. The van der Waals surface area contributed by atoms with Gasteiger partial charge in [-0.25, -0.2) is 4.98 Å². The van der Waals surface area contributed by atoms with E-state index in [0.29, 0.717) is 5.16 Å². The van der Waals surface area contributed by atoms with Gasteiger partial charge in [0, 0.05) is 23.7 Å². The molecule has 0 aliphatic heterocycles.